The Hall–Kier alpha value is -2.48. The summed E-state index contributed by atoms with van der Waals surface area (Å²) >= 11 is 4.82. The Morgan fingerprint density at radius 3 is 2.67 bits per heavy atom. The van der Waals surface area contributed by atoms with Gasteiger partial charge in [0.2, 0.25) is 17.7 Å². The SMILES string of the molecule is NC(=O)C1CC(=O)N(c2ccc(-c3n[nH]c(=S)o3)cc2)C1. The van der Waals surface area contributed by atoms with E-state index >= 15 is 0 Å². The maximum absolute atomic E-state index is 11.9. The topological polar surface area (TPSA) is 105 Å². The lowest BCUT2D eigenvalue weighted by atomic mass is 10.1. The van der Waals surface area contributed by atoms with Crippen LogP contribution in [-0.2, 0) is 9.59 Å². The Balaban J connectivity index is 1.83. The minimum absolute atomic E-state index is 0.108. The Kier molecular flexibility index (Phi) is 3.30. The van der Waals surface area contributed by atoms with Crippen LogP contribution in [0.4, 0.5) is 5.69 Å². The second kappa shape index (κ2) is 5.13. The van der Waals surface area contributed by atoms with Gasteiger partial charge in [-0.25, -0.2) is 5.10 Å². The number of nitrogens with one attached hydrogen (secondary N) is 1. The third-order valence-corrected chi connectivity index (χ3v) is 3.57. The molecule has 2 amide bonds. The van der Waals surface area contributed by atoms with E-state index in [4.69, 9.17) is 22.4 Å². The molecule has 1 unspecified atom stereocenters. The Morgan fingerprint density at radius 2 is 2.14 bits per heavy atom. The molecular formula is C13H12N4O3S. The molecule has 0 saturated carbocycles. The number of nitrogens with two attached hydrogens (primary N) is 1. The van der Waals surface area contributed by atoms with Gasteiger partial charge in [0.1, 0.15) is 0 Å². The van der Waals surface area contributed by atoms with Crippen LogP contribution in [0.5, 0.6) is 0 Å². The number of benzene rings is 1. The summed E-state index contributed by atoms with van der Waals surface area (Å²) in [7, 11) is 0. The summed E-state index contributed by atoms with van der Waals surface area (Å²) in [6.07, 6.45) is 0.158. The lowest BCUT2D eigenvalue weighted by molar-refractivity contribution is -0.123. The number of H-pyrrole nitrogens is 1. The number of carbonyl (C=O) groups is 2. The van der Waals surface area contributed by atoms with Crippen LogP contribution in [0, 0.1) is 10.8 Å². The summed E-state index contributed by atoms with van der Waals surface area (Å²) in [4.78, 5) is 24.8. The fraction of sp³-hybridized carbons (Fsp3) is 0.231. The second-order valence-electron chi connectivity index (χ2n) is 4.77. The maximum atomic E-state index is 11.9. The first-order valence-electron chi connectivity index (χ1n) is 6.30. The summed E-state index contributed by atoms with van der Waals surface area (Å²) in [5.74, 6) is -0.602. The molecule has 3 rings (SSSR count). The Bertz CT molecular complexity index is 749. The second-order valence-corrected chi connectivity index (χ2v) is 5.14. The molecule has 0 radical (unpaired) electrons. The lowest BCUT2D eigenvalue weighted by Gasteiger charge is -2.16. The normalized spacial score (nSPS) is 18.2. The number of hydrogen-bond donors (Lipinski definition) is 2. The molecule has 1 aromatic heterocycles. The Labute approximate surface area is 124 Å². The van der Waals surface area contributed by atoms with E-state index in [-0.39, 0.29) is 17.2 Å². The van der Waals surface area contributed by atoms with Gasteiger partial charge in [0.05, 0.1) is 5.92 Å². The number of primary amides is 1. The van der Waals surface area contributed by atoms with Crippen molar-refractivity contribution in [3.63, 3.8) is 0 Å². The first kappa shape index (κ1) is 13.5. The third-order valence-electron chi connectivity index (χ3n) is 3.39. The highest BCUT2D eigenvalue weighted by molar-refractivity contribution is 7.71. The van der Waals surface area contributed by atoms with Crippen LogP contribution < -0.4 is 10.6 Å². The first-order chi connectivity index (χ1) is 10.0. The van der Waals surface area contributed by atoms with Crippen molar-refractivity contribution >= 4 is 29.7 Å². The zero-order chi connectivity index (χ0) is 15.0. The molecule has 3 N–H and O–H groups in total. The van der Waals surface area contributed by atoms with Gasteiger partial charge in [0.15, 0.2) is 0 Å². The smallest absolute Gasteiger partial charge is 0.284 e. The lowest BCUT2D eigenvalue weighted by Crippen LogP contribution is -2.28. The number of amides is 2. The fourth-order valence-electron chi connectivity index (χ4n) is 2.28. The molecular weight excluding hydrogens is 292 g/mol. The van der Waals surface area contributed by atoms with Gasteiger partial charge in [-0.05, 0) is 36.5 Å². The molecule has 1 saturated heterocycles. The molecule has 1 atom stereocenters. The molecule has 8 heteroatoms. The summed E-state index contributed by atoms with van der Waals surface area (Å²) in [6, 6.07) is 7.08. The van der Waals surface area contributed by atoms with Gasteiger partial charge in [-0.1, -0.05) is 0 Å². The van der Waals surface area contributed by atoms with Crippen LogP contribution in [0.3, 0.4) is 0 Å². The third kappa shape index (κ3) is 2.57. The van der Waals surface area contributed by atoms with E-state index < -0.39 is 11.8 Å². The van der Waals surface area contributed by atoms with Gasteiger partial charge in [-0.2, -0.15) is 0 Å². The molecule has 1 aliphatic heterocycles. The summed E-state index contributed by atoms with van der Waals surface area (Å²) < 4.78 is 5.21. The number of hydrogen-bond acceptors (Lipinski definition) is 5. The maximum Gasteiger partial charge on any atom is 0.284 e. The van der Waals surface area contributed by atoms with E-state index in [0.29, 0.717) is 18.1 Å². The van der Waals surface area contributed by atoms with Gasteiger partial charge >= 0.3 is 0 Å². The molecule has 1 aromatic carbocycles. The van der Waals surface area contributed by atoms with Crippen molar-refractivity contribution in [2.45, 2.75) is 6.42 Å². The monoisotopic (exact) mass is 304 g/mol. The predicted octanol–water partition coefficient (Wildman–Crippen LogP) is 1.24. The molecule has 2 heterocycles. The van der Waals surface area contributed by atoms with E-state index in [2.05, 4.69) is 10.2 Å². The van der Waals surface area contributed by atoms with Crippen molar-refractivity contribution in [1.82, 2.24) is 10.2 Å². The van der Waals surface area contributed by atoms with E-state index in [1.54, 1.807) is 29.2 Å². The van der Waals surface area contributed by atoms with E-state index in [9.17, 15) is 9.59 Å². The minimum atomic E-state index is -0.448. The zero-order valence-corrected chi connectivity index (χ0v) is 11.7. The highest BCUT2D eigenvalue weighted by atomic mass is 32.1. The van der Waals surface area contributed by atoms with E-state index in [1.165, 1.54) is 0 Å². The fourth-order valence-corrected chi connectivity index (χ4v) is 2.41. The molecule has 0 aliphatic carbocycles. The van der Waals surface area contributed by atoms with Crippen molar-refractivity contribution in [1.29, 1.82) is 0 Å². The van der Waals surface area contributed by atoms with Crippen LogP contribution in [0.1, 0.15) is 6.42 Å². The molecule has 108 valence electrons. The van der Waals surface area contributed by atoms with Crippen molar-refractivity contribution in [2.75, 3.05) is 11.4 Å². The van der Waals surface area contributed by atoms with E-state index in [0.717, 1.165) is 5.56 Å². The summed E-state index contributed by atoms with van der Waals surface area (Å²) in [5, 5.41) is 6.47. The number of carbonyl (C=O) groups excluding carboxylic acids is 2. The zero-order valence-electron chi connectivity index (χ0n) is 10.9. The molecule has 1 aliphatic rings. The molecule has 7 nitrogen and oxygen atoms in total. The van der Waals surface area contributed by atoms with Crippen LogP contribution in [0.25, 0.3) is 11.5 Å². The molecule has 0 bridgehead atoms. The summed E-state index contributed by atoms with van der Waals surface area (Å²) in [5.41, 5.74) is 6.70. The van der Waals surface area contributed by atoms with Crippen molar-refractivity contribution < 1.29 is 14.0 Å². The first-order valence-corrected chi connectivity index (χ1v) is 6.71. The summed E-state index contributed by atoms with van der Waals surface area (Å²) in [6.45, 7) is 0.316. The standard InChI is InChI=1S/C13H12N4O3S/c14-11(19)8-5-10(18)17(6-8)9-3-1-7(2-4-9)12-15-16-13(21)20-12/h1-4,8H,5-6H2,(H2,14,19)(H,16,21). The largest absolute Gasteiger partial charge is 0.409 e. The molecule has 21 heavy (non-hydrogen) atoms. The Morgan fingerprint density at radius 1 is 1.43 bits per heavy atom. The van der Waals surface area contributed by atoms with Gasteiger partial charge < -0.3 is 15.1 Å². The number of rotatable bonds is 3. The number of anilines is 1. The predicted molar refractivity (Wildman–Crippen MR) is 76.8 cm³/mol. The van der Waals surface area contributed by atoms with Crippen molar-refractivity contribution in [3.05, 3.63) is 29.1 Å². The van der Waals surface area contributed by atoms with Crippen molar-refractivity contribution in [2.24, 2.45) is 11.7 Å². The van der Waals surface area contributed by atoms with Crippen LogP contribution in [0.2, 0.25) is 0 Å². The molecule has 1 fully saturated rings. The number of aromatic nitrogens is 2. The number of nitrogens with zero attached hydrogens (tertiary/aromatic N) is 2. The van der Waals surface area contributed by atoms with E-state index in [1.807, 2.05) is 0 Å². The van der Waals surface area contributed by atoms with Gasteiger partial charge in [-0.15, -0.1) is 5.10 Å². The van der Waals surface area contributed by atoms with Gasteiger partial charge in [-0.3, -0.25) is 9.59 Å². The molecule has 0 spiro atoms. The van der Waals surface area contributed by atoms with Crippen LogP contribution >= 0.6 is 12.2 Å². The van der Waals surface area contributed by atoms with Crippen LogP contribution in [0.15, 0.2) is 28.7 Å². The minimum Gasteiger partial charge on any atom is -0.409 e. The highest BCUT2D eigenvalue weighted by Crippen LogP contribution is 2.27. The highest BCUT2D eigenvalue weighted by Gasteiger charge is 2.33. The average molecular weight is 304 g/mol. The van der Waals surface area contributed by atoms with Gasteiger partial charge in [0.25, 0.3) is 4.84 Å². The van der Waals surface area contributed by atoms with Crippen molar-refractivity contribution in [3.8, 4) is 11.5 Å². The number of aromatic amines is 1. The molecule has 2 aromatic rings. The van der Waals surface area contributed by atoms with Gasteiger partial charge in [0, 0.05) is 24.2 Å². The quantitative estimate of drug-likeness (QED) is 0.830. The van der Waals surface area contributed by atoms with Crippen LogP contribution in [-0.4, -0.2) is 28.6 Å². The average Bonchev–Trinajstić information content (AvgIpc) is 3.05.